The Labute approximate surface area is 117 Å². The summed E-state index contributed by atoms with van der Waals surface area (Å²) < 4.78 is 2.17. The molecule has 2 rings (SSSR count). The molecule has 0 amide bonds. The molecule has 4 nitrogen and oxygen atoms in total. The molecule has 0 aromatic carbocycles. The van der Waals surface area contributed by atoms with Gasteiger partial charge in [-0.15, -0.1) is 0 Å². The maximum Gasteiger partial charge on any atom is 3.00 e. The van der Waals surface area contributed by atoms with Crippen LogP contribution in [0, 0.1) is 5.92 Å². The van der Waals surface area contributed by atoms with Gasteiger partial charge in [0.15, 0.2) is 0 Å². The molecule has 0 spiro atoms. The molecule has 1 aromatic rings. The van der Waals surface area contributed by atoms with E-state index in [2.05, 4.69) is 43.9 Å². The van der Waals surface area contributed by atoms with Crippen molar-refractivity contribution >= 4 is 13.6 Å². The SMILES string of the molecule is C[C-](C)C.[CH-]=O.[CH-]=O.[Ru+3].c1cn(C2CC2)cn1. The number of imidazole rings is 1. The van der Waals surface area contributed by atoms with E-state index >= 15 is 0 Å². The number of aromatic nitrogens is 2. The minimum atomic E-state index is 0. The topological polar surface area (TPSA) is 52.0 Å². The maximum absolute atomic E-state index is 7.75. The molecule has 1 radical (unpaired) electrons. The van der Waals surface area contributed by atoms with Crippen LogP contribution >= 0.6 is 0 Å². The molecule has 5 heteroatoms. The Kier molecular flexibility index (Phi) is 19.2. The third-order valence-corrected chi connectivity index (χ3v) is 1.49. The van der Waals surface area contributed by atoms with Crippen molar-refractivity contribution in [3.05, 3.63) is 24.6 Å². The van der Waals surface area contributed by atoms with Crippen molar-refractivity contribution < 1.29 is 29.1 Å². The van der Waals surface area contributed by atoms with Crippen molar-refractivity contribution in [1.29, 1.82) is 0 Å². The monoisotopic (exact) mass is 325 g/mol. The van der Waals surface area contributed by atoms with Crippen LogP contribution in [0.25, 0.3) is 0 Å². The van der Waals surface area contributed by atoms with E-state index in [-0.39, 0.29) is 19.5 Å². The molecule has 97 valence electrons. The van der Waals surface area contributed by atoms with Gasteiger partial charge < -0.3 is 20.1 Å². The van der Waals surface area contributed by atoms with Gasteiger partial charge in [0, 0.05) is 18.4 Å². The second-order valence-electron chi connectivity index (χ2n) is 3.74. The molecule has 0 atom stereocenters. The average Bonchev–Trinajstić information content (AvgIpc) is 3.00. The van der Waals surface area contributed by atoms with E-state index in [0.717, 1.165) is 6.04 Å². The van der Waals surface area contributed by atoms with Gasteiger partial charge in [0.1, 0.15) is 0 Å². The van der Waals surface area contributed by atoms with Crippen molar-refractivity contribution in [2.45, 2.75) is 39.7 Å². The Morgan fingerprint density at radius 1 is 1.18 bits per heavy atom. The largest absolute Gasteiger partial charge is 3.00 e. The van der Waals surface area contributed by atoms with Crippen LogP contribution in [-0.2, 0) is 29.1 Å². The summed E-state index contributed by atoms with van der Waals surface area (Å²) in [6.07, 6.45) is 8.43. The first-order valence-corrected chi connectivity index (χ1v) is 4.91. The molecule has 0 unspecified atom stereocenters. The van der Waals surface area contributed by atoms with E-state index in [1.807, 2.05) is 18.7 Å². The first kappa shape index (κ1) is 21.5. The summed E-state index contributed by atoms with van der Waals surface area (Å²) in [6.45, 7) is 12.8. The number of hydrogen-bond acceptors (Lipinski definition) is 3. The Bertz CT molecular complexity index is 232. The van der Waals surface area contributed by atoms with E-state index in [1.54, 1.807) is 0 Å². The predicted octanol–water partition coefficient (Wildman–Crippen LogP) is 2.29. The van der Waals surface area contributed by atoms with Crippen molar-refractivity contribution in [2.75, 3.05) is 0 Å². The van der Waals surface area contributed by atoms with Crippen LogP contribution in [0.1, 0.15) is 39.7 Å². The maximum atomic E-state index is 7.75. The van der Waals surface area contributed by atoms with Gasteiger partial charge in [0.2, 0.25) is 0 Å². The second kappa shape index (κ2) is 15.2. The van der Waals surface area contributed by atoms with Gasteiger partial charge in [0.05, 0.1) is 6.33 Å². The van der Waals surface area contributed by atoms with Crippen LogP contribution in [0.5, 0.6) is 0 Å². The molecule has 17 heavy (non-hydrogen) atoms. The first-order chi connectivity index (χ1) is 7.70. The summed E-state index contributed by atoms with van der Waals surface area (Å²) >= 11 is 0. The molecule has 0 bridgehead atoms. The third-order valence-electron chi connectivity index (χ3n) is 1.49. The molecule has 0 aliphatic heterocycles. The summed E-state index contributed by atoms with van der Waals surface area (Å²) in [6, 6.07) is 0.789. The van der Waals surface area contributed by atoms with Crippen molar-refractivity contribution in [2.24, 2.45) is 0 Å². The normalized spacial score (nSPS) is 11.5. The Balaban J connectivity index is -0.000000191. The third kappa shape index (κ3) is 15.2. The number of carbonyl (C=O) groups excluding carboxylic acids is 2. The fraction of sp³-hybridized carbons (Fsp3) is 0.500. The van der Waals surface area contributed by atoms with Crippen molar-refractivity contribution in [1.82, 2.24) is 9.55 Å². The van der Waals surface area contributed by atoms with E-state index in [9.17, 15) is 0 Å². The van der Waals surface area contributed by atoms with Crippen LogP contribution < -0.4 is 0 Å². The Morgan fingerprint density at radius 2 is 1.59 bits per heavy atom. The molecule has 1 saturated carbocycles. The van der Waals surface area contributed by atoms with E-state index < -0.39 is 0 Å². The van der Waals surface area contributed by atoms with Gasteiger partial charge in [-0.1, -0.05) is 0 Å². The van der Waals surface area contributed by atoms with Gasteiger partial charge in [-0.05, 0) is 12.8 Å². The van der Waals surface area contributed by atoms with Crippen LogP contribution in [-0.4, -0.2) is 23.1 Å². The van der Waals surface area contributed by atoms with Crippen molar-refractivity contribution in [3.63, 3.8) is 0 Å². The van der Waals surface area contributed by atoms with Crippen LogP contribution in [0.3, 0.4) is 0 Å². The second-order valence-corrected chi connectivity index (χ2v) is 3.74. The molecule has 0 N–H and O–H groups in total. The molecule has 1 aliphatic rings. The Hall–Kier alpha value is -0.827. The molecule has 1 aromatic heterocycles. The van der Waals surface area contributed by atoms with E-state index in [1.165, 1.54) is 18.8 Å². The quantitative estimate of drug-likeness (QED) is 0.452. The van der Waals surface area contributed by atoms with E-state index in [4.69, 9.17) is 9.59 Å². The zero-order valence-electron chi connectivity index (χ0n) is 10.4. The van der Waals surface area contributed by atoms with Gasteiger partial charge in [-0.25, -0.2) is 4.98 Å². The van der Waals surface area contributed by atoms with E-state index in [0.29, 0.717) is 0 Å². The fourth-order valence-electron chi connectivity index (χ4n) is 0.858. The zero-order valence-corrected chi connectivity index (χ0v) is 12.2. The first-order valence-electron chi connectivity index (χ1n) is 4.91. The summed E-state index contributed by atoms with van der Waals surface area (Å²) in [5.41, 5.74) is 0. The minimum absolute atomic E-state index is 0. The molecule has 1 heterocycles. The van der Waals surface area contributed by atoms with Crippen molar-refractivity contribution in [3.8, 4) is 0 Å². The Morgan fingerprint density at radius 3 is 1.82 bits per heavy atom. The van der Waals surface area contributed by atoms with Gasteiger partial charge in [-0.2, -0.15) is 20.8 Å². The standard InChI is InChI=1S/C6H8N2.C4H9.2CHO.Ru/c1-2-6(1)8-4-3-7-5-8;1-4(2)3;2*1-2;/h3-6H,1-2H2;1-3H3;2*1H;/q;3*-1;+3. The summed E-state index contributed by atoms with van der Waals surface area (Å²) in [7, 11) is 0. The summed E-state index contributed by atoms with van der Waals surface area (Å²) in [4.78, 5) is 19.4. The fourth-order valence-corrected chi connectivity index (χ4v) is 0.858. The van der Waals surface area contributed by atoms with Gasteiger partial charge in [-0.3, -0.25) is 13.6 Å². The number of rotatable bonds is 1. The minimum Gasteiger partial charge on any atom is -0.545 e. The molecular formula is C12H19N2O2Ru. The molecule has 1 aliphatic carbocycles. The molecule has 0 saturated heterocycles. The molecular weight excluding hydrogens is 305 g/mol. The van der Waals surface area contributed by atoms with Gasteiger partial charge >= 0.3 is 19.5 Å². The van der Waals surface area contributed by atoms with Gasteiger partial charge in [0.25, 0.3) is 0 Å². The average molecular weight is 324 g/mol. The van der Waals surface area contributed by atoms with Crippen LogP contribution in [0.4, 0.5) is 0 Å². The zero-order chi connectivity index (χ0) is 13.0. The van der Waals surface area contributed by atoms with Crippen LogP contribution in [0.15, 0.2) is 18.7 Å². The smallest absolute Gasteiger partial charge is 0.545 e. The summed E-state index contributed by atoms with van der Waals surface area (Å²) in [5, 5.41) is 0. The van der Waals surface area contributed by atoms with Crippen LogP contribution in [0.2, 0.25) is 0 Å². The predicted molar refractivity (Wildman–Crippen MR) is 64.3 cm³/mol. The summed E-state index contributed by atoms with van der Waals surface area (Å²) in [5.74, 6) is 1.42. The molecule has 1 fully saturated rings. The number of hydrogen-bond donors (Lipinski definition) is 0. The number of nitrogens with zero attached hydrogens (tertiary/aromatic N) is 2.